The van der Waals surface area contributed by atoms with E-state index in [9.17, 15) is 9.18 Å². The summed E-state index contributed by atoms with van der Waals surface area (Å²) >= 11 is 5.55. The van der Waals surface area contributed by atoms with E-state index in [1.54, 1.807) is 0 Å². The highest BCUT2D eigenvalue weighted by Gasteiger charge is 2.05. The highest BCUT2D eigenvalue weighted by molar-refractivity contribution is 6.17. The third-order valence-corrected chi connectivity index (χ3v) is 2.58. The van der Waals surface area contributed by atoms with Crippen LogP contribution in [-0.2, 0) is 0 Å². The molecule has 0 atom stereocenters. The number of rotatable bonds is 7. The number of pyridine rings is 1. The molecule has 94 valence electrons. The maximum Gasteiger partial charge on any atom is 0.252 e. The SMILES string of the molecule is O=C(NCCCCCCCl)c1cncc(F)c1. The van der Waals surface area contributed by atoms with Crippen molar-refractivity contribution in [1.29, 1.82) is 0 Å². The summed E-state index contributed by atoms with van der Waals surface area (Å²) in [6, 6.07) is 1.18. The topological polar surface area (TPSA) is 42.0 Å². The Kier molecular flexibility index (Phi) is 6.55. The van der Waals surface area contributed by atoms with Gasteiger partial charge >= 0.3 is 0 Å². The summed E-state index contributed by atoms with van der Waals surface area (Å²) in [5.74, 6) is -0.101. The number of aromatic nitrogens is 1. The van der Waals surface area contributed by atoms with Crippen LogP contribution in [0, 0.1) is 5.82 Å². The van der Waals surface area contributed by atoms with E-state index in [4.69, 9.17) is 11.6 Å². The molecular formula is C12H16ClFN2O. The highest BCUT2D eigenvalue weighted by atomic mass is 35.5. The molecule has 0 saturated carbocycles. The fourth-order valence-electron chi connectivity index (χ4n) is 1.41. The number of unbranched alkanes of at least 4 members (excludes halogenated alkanes) is 3. The summed E-state index contributed by atoms with van der Waals surface area (Å²) in [5.41, 5.74) is 0.255. The van der Waals surface area contributed by atoms with Crippen LogP contribution in [0.25, 0.3) is 0 Å². The molecule has 1 aromatic heterocycles. The van der Waals surface area contributed by atoms with Crippen LogP contribution in [0.15, 0.2) is 18.5 Å². The third kappa shape index (κ3) is 5.63. The van der Waals surface area contributed by atoms with Gasteiger partial charge < -0.3 is 5.32 Å². The first kappa shape index (κ1) is 13.9. The Hall–Kier alpha value is -1.16. The number of amides is 1. The molecule has 0 radical (unpaired) electrons. The Balaban J connectivity index is 2.21. The number of nitrogens with one attached hydrogen (secondary N) is 1. The van der Waals surface area contributed by atoms with Gasteiger partial charge in [-0.25, -0.2) is 4.39 Å². The average Bonchev–Trinajstić information content (AvgIpc) is 2.33. The lowest BCUT2D eigenvalue weighted by Crippen LogP contribution is -2.24. The molecule has 0 fully saturated rings. The second-order valence-corrected chi connectivity index (χ2v) is 4.13. The lowest BCUT2D eigenvalue weighted by atomic mass is 10.2. The van der Waals surface area contributed by atoms with Gasteiger partial charge in [-0.05, 0) is 18.9 Å². The first-order valence-corrected chi connectivity index (χ1v) is 6.22. The van der Waals surface area contributed by atoms with Crippen LogP contribution >= 0.6 is 11.6 Å². The number of alkyl halides is 1. The molecule has 0 aromatic carbocycles. The summed E-state index contributed by atoms with van der Waals surface area (Å²) in [7, 11) is 0. The van der Waals surface area contributed by atoms with Crippen LogP contribution in [0.5, 0.6) is 0 Å². The van der Waals surface area contributed by atoms with Gasteiger partial charge in [-0.1, -0.05) is 12.8 Å². The van der Waals surface area contributed by atoms with Crippen molar-refractivity contribution in [2.45, 2.75) is 25.7 Å². The van der Waals surface area contributed by atoms with Crippen LogP contribution in [0.1, 0.15) is 36.0 Å². The van der Waals surface area contributed by atoms with Crippen LogP contribution in [0.3, 0.4) is 0 Å². The zero-order valence-electron chi connectivity index (χ0n) is 9.59. The van der Waals surface area contributed by atoms with Crippen molar-refractivity contribution < 1.29 is 9.18 Å². The standard InChI is InChI=1S/C12H16ClFN2O/c13-5-3-1-2-4-6-16-12(17)10-7-11(14)9-15-8-10/h7-9H,1-6H2,(H,16,17). The van der Waals surface area contributed by atoms with E-state index in [1.165, 1.54) is 12.3 Å². The van der Waals surface area contributed by atoms with Crippen molar-refractivity contribution in [3.05, 3.63) is 29.8 Å². The number of carbonyl (C=O) groups is 1. The predicted octanol–water partition coefficient (Wildman–Crippen LogP) is 2.75. The lowest BCUT2D eigenvalue weighted by molar-refractivity contribution is 0.0952. The van der Waals surface area contributed by atoms with Gasteiger partial charge in [0.1, 0.15) is 5.82 Å². The number of carbonyl (C=O) groups excluding carboxylic acids is 1. The fraction of sp³-hybridized carbons (Fsp3) is 0.500. The van der Waals surface area contributed by atoms with E-state index >= 15 is 0 Å². The van der Waals surface area contributed by atoms with Crippen molar-refractivity contribution >= 4 is 17.5 Å². The van der Waals surface area contributed by atoms with E-state index < -0.39 is 5.82 Å². The summed E-state index contributed by atoms with van der Waals surface area (Å²) in [5, 5.41) is 2.72. The second-order valence-electron chi connectivity index (χ2n) is 3.75. The molecule has 0 aliphatic heterocycles. The Morgan fingerprint density at radius 1 is 1.29 bits per heavy atom. The summed E-state index contributed by atoms with van der Waals surface area (Å²) in [6.07, 6.45) is 6.44. The van der Waals surface area contributed by atoms with Crippen molar-refractivity contribution in [3.63, 3.8) is 0 Å². The maximum atomic E-state index is 12.8. The molecule has 1 heterocycles. The molecule has 1 N–H and O–H groups in total. The number of nitrogens with zero attached hydrogens (tertiary/aromatic N) is 1. The molecule has 0 unspecified atom stereocenters. The smallest absolute Gasteiger partial charge is 0.252 e. The van der Waals surface area contributed by atoms with Crippen molar-refractivity contribution in [2.24, 2.45) is 0 Å². The summed E-state index contributed by atoms with van der Waals surface area (Å²) < 4.78 is 12.8. The van der Waals surface area contributed by atoms with Gasteiger partial charge in [0.2, 0.25) is 0 Å². The monoisotopic (exact) mass is 258 g/mol. The lowest BCUT2D eigenvalue weighted by Gasteiger charge is -2.04. The normalized spacial score (nSPS) is 10.2. The van der Waals surface area contributed by atoms with Gasteiger partial charge in [-0.15, -0.1) is 11.6 Å². The van der Waals surface area contributed by atoms with Crippen LogP contribution in [0.2, 0.25) is 0 Å². The Labute approximate surface area is 105 Å². The number of halogens is 2. The minimum atomic E-state index is -0.500. The Morgan fingerprint density at radius 3 is 2.76 bits per heavy atom. The molecule has 0 saturated heterocycles. The zero-order chi connectivity index (χ0) is 12.5. The third-order valence-electron chi connectivity index (χ3n) is 2.31. The second kappa shape index (κ2) is 8.01. The molecule has 1 aromatic rings. The van der Waals surface area contributed by atoms with Crippen molar-refractivity contribution in [3.8, 4) is 0 Å². The summed E-state index contributed by atoms with van der Waals surface area (Å²) in [6.45, 7) is 0.595. The molecule has 17 heavy (non-hydrogen) atoms. The van der Waals surface area contributed by atoms with Gasteiger partial charge in [0, 0.05) is 18.6 Å². The van der Waals surface area contributed by atoms with Crippen molar-refractivity contribution in [2.75, 3.05) is 12.4 Å². The molecular weight excluding hydrogens is 243 g/mol. The highest BCUT2D eigenvalue weighted by Crippen LogP contribution is 2.02. The Morgan fingerprint density at radius 2 is 2.06 bits per heavy atom. The van der Waals surface area contributed by atoms with E-state index in [2.05, 4.69) is 10.3 Å². The fourth-order valence-corrected chi connectivity index (χ4v) is 1.60. The molecule has 1 rings (SSSR count). The van der Waals surface area contributed by atoms with E-state index in [0.717, 1.165) is 31.9 Å². The van der Waals surface area contributed by atoms with Crippen LogP contribution in [0.4, 0.5) is 4.39 Å². The van der Waals surface area contributed by atoms with E-state index in [0.29, 0.717) is 12.4 Å². The molecule has 0 aliphatic rings. The van der Waals surface area contributed by atoms with Crippen molar-refractivity contribution in [1.82, 2.24) is 10.3 Å². The van der Waals surface area contributed by atoms with Gasteiger partial charge in [0.25, 0.3) is 5.91 Å². The van der Waals surface area contributed by atoms with Crippen LogP contribution in [-0.4, -0.2) is 23.3 Å². The van der Waals surface area contributed by atoms with Gasteiger partial charge in [-0.3, -0.25) is 9.78 Å². The molecule has 0 aliphatic carbocycles. The first-order valence-electron chi connectivity index (χ1n) is 5.69. The number of hydrogen-bond donors (Lipinski definition) is 1. The average molecular weight is 259 g/mol. The number of hydrogen-bond acceptors (Lipinski definition) is 2. The van der Waals surface area contributed by atoms with Crippen LogP contribution < -0.4 is 5.32 Å². The maximum absolute atomic E-state index is 12.8. The molecule has 1 amide bonds. The molecule has 0 bridgehead atoms. The molecule has 5 heteroatoms. The minimum absolute atomic E-state index is 0.255. The Bertz CT molecular complexity index is 360. The quantitative estimate of drug-likeness (QED) is 0.604. The largest absolute Gasteiger partial charge is 0.352 e. The predicted molar refractivity (Wildman–Crippen MR) is 65.7 cm³/mol. The van der Waals surface area contributed by atoms with Gasteiger partial charge in [0.15, 0.2) is 0 Å². The molecule has 3 nitrogen and oxygen atoms in total. The van der Waals surface area contributed by atoms with E-state index in [-0.39, 0.29) is 11.5 Å². The minimum Gasteiger partial charge on any atom is -0.352 e. The van der Waals surface area contributed by atoms with Gasteiger partial charge in [-0.2, -0.15) is 0 Å². The first-order chi connectivity index (χ1) is 8.24. The van der Waals surface area contributed by atoms with Gasteiger partial charge in [0.05, 0.1) is 11.8 Å². The van der Waals surface area contributed by atoms with E-state index in [1.807, 2.05) is 0 Å². The molecule has 0 spiro atoms. The summed E-state index contributed by atoms with van der Waals surface area (Å²) in [4.78, 5) is 15.2. The zero-order valence-corrected chi connectivity index (χ0v) is 10.3.